The zero-order valence-corrected chi connectivity index (χ0v) is 18.0. The van der Waals surface area contributed by atoms with Crippen LogP contribution in [0, 0.1) is 0 Å². The van der Waals surface area contributed by atoms with Crippen molar-refractivity contribution in [3.8, 4) is 34.3 Å². The van der Waals surface area contributed by atoms with Crippen LogP contribution in [-0.4, -0.2) is 62.2 Å². The van der Waals surface area contributed by atoms with E-state index in [-0.39, 0.29) is 33.8 Å². The Hall–Kier alpha value is -3.80. The standard InChI is InChI=1S/C23H22O11/c1-9-17(28)21(32-10(2)24)19(30)23(31-9)34-22-18(29)16-14(27)7-13(26)8-15(16)33-20(22)11-3-5-12(25)6-4-11/h3-9,17,19,21,23,25-28,30H,1-2H3/t9-,17-,19+,21+,23+/m0/s1. The molecule has 1 saturated heterocycles. The number of benzene rings is 2. The van der Waals surface area contributed by atoms with Crippen LogP contribution >= 0.6 is 0 Å². The maximum atomic E-state index is 13.4. The van der Waals surface area contributed by atoms with Gasteiger partial charge in [-0.25, -0.2) is 0 Å². The van der Waals surface area contributed by atoms with Gasteiger partial charge in [0, 0.05) is 24.6 Å². The van der Waals surface area contributed by atoms with E-state index in [1.807, 2.05) is 0 Å². The molecule has 0 unspecified atom stereocenters. The normalized spacial score (nSPS) is 24.6. The second kappa shape index (κ2) is 8.86. The third-order valence-corrected chi connectivity index (χ3v) is 5.36. The minimum atomic E-state index is -1.69. The van der Waals surface area contributed by atoms with E-state index in [1.54, 1.807) is 0 Å². The first-order valence-electron chi connectivity index (χ1n) is 10.2. The molecule has 180 valence electrons. The number of rotatable bonds is 4. The number of aliphatic hydroxyl groups excluding tert-OH is 2. The summed E-state index contributed by atoms with van der Waals surface area (Å²) in [5, 5.41) is 50.3. The number of carbonyl (C=O) groups is 1. The van der Waals surface area contributed by atoms with Crippen LogP contribution in [0.25, 0.3) is 22.3 Å². The van der Waals surface area contributed by atoms with Crippen LogP contribution in [0.15, 0.2) is 45.6 Å². The van der Waals surface area contributed by atoms with Crippen molar-refractivity contribution in [3.63, 3.8) is 0 Å². The summed E-state index contributed by atoms with van der Waals surface area (Å²) in [6, 6.07) is 7.62. The lowest BCUT2D eigenvalue weighted by Crippen LogP contribution is -2.59. The fourth-order valence-corrected chi connectivity index (χ4v) is 3.72. The molecule has 0 bridgehead atoms. The molecule has 11 nitrogen and oxygen atoms in total. The molecule has 1 aliphatic heterocycles. The van der Waals surface area contributed by atoms with Crippen LogP contribution in [-0.2, 0) is 14.3 Å². The second-order valence-corrected chi connectivity index (χ2v) is 7.86. The number of esters is 1. The predicted octanol–water partition coefficient (Wildman–Crippen LogP) is 1.35. The van der Waals surface area contributed by atoms with E-state index >= 15 is 0 Å². The molecular weight excluding hydrogens is 452 g/mol. The van der Waals surface area contributed by atoms with Gasteiger partial charge >= 0.3 is 5.97 Å². The van der Waals surface area contributed by atoms with E-state index < -0.39 is 53.6 Å². The molecule has 0 amide bonds. The molecule has 2 aromatic carbocycles. The molecule has 0 aliphatic carbocycles. The molecule has 0 saturated carbocycles. The van der Waals surface area contributed by atoms with E-state index in [9.17, 15) is 35.1 Å². The highest BCUT2D eigenvalue weighted by Gasteiger charge is 2.46. The van der Waals surface area contributed by atoms with Crippen molar-refractivity contribution < 1.29 is 49.0 Å². The van der Waals surface area contributed by atoms with Gasteiger partial charge in [0.15, 0.2) is 18.0 Å². The van der Waals surface area contributed by atoms with Crippen molar-refractivity contribution in [2.75, 3.05) is 0 Å². The average Bonchev–Trinajstić information content (AvgIpc) is 2.76. The zero-order valence-electron chi connectivity index (χ0n) is 18.0. The molecule has 5 N–H and O–H groups in total. The molecule has 1 fully saturated rings. The number of ether oxygens (including phenoxy) is 3. The largest absolute Gasteiger partial charge is 0.508 e. The summed E-state index contributed by atoms with van der Waals surface area (Å²) in [5.41, 5.74) is -0.713. The average molecular weight is 474 g/mol. The maximum absolute atomic E-state index is 13.4. The van der Waals surface area contributed by atoms with Gasteiger partial charge in [-0.3, -0.25) is 9.59 Å². The molecule has 1 aliphatic rings. The summed E-state index contributed by atoms with van der Waals surface area (Å²) >= 11 is 0. The molecule has 11 heteroatoms. The molecular formula is C23H22O11. The fraction of sp³-hybridized carbons (Fsp3) is 0.304. The van der Waals surface area contributed by atoms with Crippen molar-refractivity contribution >= 4 is 16.9 Å². The highest BCUT2D eigenvalue weighted by atomic mass is 16.7. The Morgan fingerprint density at radius 2 is 1.68 bits per heavy atom. The summed E-state index contributed by atoms with van der Waals surface area (Å²) in [7, 11) is 0. The van der Waals surface area contributed by atoms with Crippen molar-refractivity contribution in [2.24, 2.45) is 0 Å². The summed E-state index contributed by atoms with van der Waals surface area (Å²) in [5.74, 6) is -2.35. The number of aromatic hydroxyl groups is 3. The van der Waals surface area contributed by atoms with Gasteiger partial charge in [-0.05, 0) is 31.2 Å². The molecule has 0 spiro atoms. The molecule has 34 heavy (non-hydrogen) atoms. The first-order valence-corrected chi connectivity index (χ1v) is 10.2. The fourth-order valence-electron chi connectivity index (χ4n) is 3.72. The van der Waals surface area contributed by atoms with Crippen molar-refractivity contribution in [3.05, 3.63) is 46.6 Å². The number of hydrogen-bond donors (Lipinski definition) is 5. The summed E-state index contributed by atoms with van der Waals surface area (Å²) in [4.78, 5) is 24.8. The van der Waals surface area contributed by atoms with Gasteiger partial charge < -0.3 is 44.2 Å². The molecule has 4 rings (SSSR count). The first kappa shape index (κ1) is 23.4. The number of phenolic OH excluding ortho intramolecular Hbond substituents is 3. The number of aliphatic hydroxyl groups is 2. The number of fused-ring (bicyclic) bond motifs is 1. The van der Waals surface area contributed by atoms with E-state index in [0.717, 1.165) is 19.1 Å². The van der Waals surface area contributed by atoms with Crippen molar-refractivity contribution in [1.82, 2.24) is 0 Å². The molecule has 2 heterocycles. The molecule has 0 radical (unpaired) electrons. The topological polar surface area (TPSA) is 176 Å². The van der Waals surface area contributed by atoms with Crippen LogP contribution < -0.4 is 10.2 Å². The lowest BCUT2D eigenvalue weighted by molar-refractivity contribution is -0.272. The number of carbonyl (C=O) groups excluding carboxylic acids is 1. The second-order valence-electron chi connectivity index (χ2n) is 7.86. The predicted molar refractivity (Wildman–Crippen MR) is 115 cm³/mol. The lowest BCUT2D eigenvalue weighted by Gasteiger charge is -2.40. The molecule has 5 atom stereocenters. The van der Waals surface area contributed by atoms with Crippen LogP contribution in [0.1, 0.15) is 13.8 Å². The lowest BCUT2D eigenvalue weighted by atomic mass is 9.99. The Kier molecular flexibility index (Phi) is 6.09. The van der Waals surface area contributed by atoms with Crippen molar-refractivity contribution in [2.45, 2.75) is 44.6 Å². The van der Waals surface area contributed by atoms with E-state index in [4.69, 9.17) is 18.6 Å². The van der Waals surface area contributed by atoms with Gasteiger partial charge in [0.2, 0.25) is 17.5 Å². The van der Waals surface area contributed by atoms with Crippen LogP contribution in [0.3, 0.4) is 0 Å². The minimum absolute atomic E-state index is 0.0530. The van der Waals surface area contributed by atoms with Crippen LogP contribution in [0.5, 0.6) is 23.0 Å². The Balaban J connectivity index is 1.86. The Labute approximate surface area is 192 Å². The van der Waals surface area contributed by atoms with Gasteiger partial charge in [-0.15, -0.1) is 0 Å². The monoisotopic (exact) mass is 474 g/mol. The Morgan fingerprint density at radius 3 is 2.32 bits per heavy atom. The summed E-state index contributed by atoms with van der Waals surface area (Å²) in [6.45, 7) is 2.57. The van der Waals surface area contributed by atoms with Gasteiger partial charge in [0.1, 0.15) is 34.3 Å². The third kappa shape index (κ3) is 4.23. The summed E-state index contributed by atoms with van der Waals surface area (Å²) in [6.07, 6.45) is -6.98. The molecule has 3 aromatic rings. The first-order chi connectivity index (χ1) is 16.1. The van der Waals surface area contributed by atoms with Gasteiger partial charge in [0.05, 0.1) is 6.10 Å². The van der Waals surface area contributed by atoms with Gasteiger partial charge in [-0.1, -0.05) is 0 Å². The van der Waals surface area contributed by atoms with Gasteiger partial charge in [0.25, 0.3) is 0 Å². The van der Waals surface area contributed by atoms with Crippen LogP contribution in [0.2, 0.25) is 0 Å². The van der Waals surface area contributed by atoms with E-state index in [2.05, 4.69) is 0 Å². The van der Waals surface area contributed by atoms with Crippen molar-refractivity contribution in [1.29, 1.82) is 0 Å². The highest BCUT2D eigenvalue weighted by molar-refractivity contribution is 5.88. The quantitative estimate of drug-likeness (QED) is 0.345. The van der Waals surface area contributed by atoms with Crippen LogP contribution in [0.4, 0.5) is 0 Å². The SMILES string of the molecule is CC(=O)O[C@@H]1[C@@H](O)[C@H](C)O[C@H](Oc2c(-c3ccc(O)cc3)oc3cc(O)cc(O)c3c2=O)[C@@H]1O. The Bertz CT molecular complexity index is 1280. The number of phenols is 3. The van der Waals surface area contributed by atoms with E-state index in [1.165, 1.54) is 31.2 Å². The minimum Gasteiger partial charge on any atom is -0.508 e. The third-order valence-electron chi connectivity index (χ3n) is 5.36. The Morgan fingerprint density at radius 1 is 1.00 bits per heavy atom. The number of hydrogen-bond acceptors (Lipinski definition) is 11. The van der Waals surface area contributed by atoms with Gasteiger partial charge in [-0.2, -0.15) is 0 Å². The zero-order chi connectivity index (χ0) is 24.7. The van der Waals surface area contributed by atoms with E-state index in [0.29, 0.717) is 0 Å². The smallest absolute Gasteiger partial charge is 0.303 e. The highest BCUT2D eigenvalue weighted by Crippen LogP contribution is 2.37. The molecule has 1 aromatic heterocycles. The summed E-state index contributed by atoms with van der Waals surface area (Å²) < 4.78 is 22.0. The maximum Gasteiger partial charge on any atom is 0.303 e.